The lowest BCUT2D eigenvalue weighted by molar-refractivity contribution is -0.386. The molecule has 0 amide bonds. The molecule has 0 fully saturated rings. The van der Waals surface area contributed by atoms with Crippen molar-refractivity contribution in [2.45, 2.75) is 38.5 Å². The van der Waals surface area contributed by atoms with E-state index in [1.54, 1.807) is 54.6 Å². The van der Waals surface area contributed by atoms with Gasteiger partial charge >= 0.3 is 17.6 Å². The van der Waals surface area contributed by atoms with Gasteiger partial charge in [-0.25, -0.2) is 9.59 Å². The van der Waals surface area contributed by atoms with E-state index in [9.17, 15) is 19.7 Å². The summed E-state index contributed by atoms with van der Waals surface area (Å²) in [6.07, 6.45) is 4.30. The van der Waals surface area contributed by atoms with Gasteiger partial charge in [0.05, 0.1) is 48.5 Å². The van der Waals surface area contributed by atoms with Crippen LogP contribution in [-0.2, 0) is 9.47 Å². The van der Waals surface area contributed by atoms with Gasteiger partial charge in [-0.2, -0.15) is 0 Å². The maximum atomic E-state index is 11.9. The van der Waals surface area contributed by atoms with Crippen LogP contribution in [0.2, 0.25) is 0 Å². The zero-order chi connectivity index (χ0) is 27.7. The molecule has 9 heteroatoms. The number of nitro groups is 1. The quantitative estimate of drug-likeness (QED) is 0.0843. The Morgan fingerprint density at radius 3 is 1.62 bits per heavy atom. The van der Waals surface area contributed by atoms with Crippen molar-refractivity contribution in [1.29, 1.82) is 0 Å². The molecule has 206 valence electrons. The fraction of sp³-hybridized carbons (Fsp3) is 0.333. The number of carbonyl (C=O) groups is 2. The number of nitro benzene ring substituents is 1. The molecule has 0 bridgehead atoms. The molecule has 0 aliphatic heterocycles. The monoisotopic (exact) mass is 535 g/mol. The van der Waals surface area contributed by atoms with E-state index in [0.29, 0.717) is 62.6 Å². The molecule has 0 aliphatic carbocycles. The second kappa shape index (κ2) is 16.4. The first kappa shape index (κ1) is 29.2. The van der Waals surface area contributed by atoms with Crippen LogP contribution in [0, 0.1) is 10.1 Å². The highest BCUT2D eigenvalue weighted by Gasteiger charge is 2.17. The summed E-state index contributed by atoms with van der Waals surface area (Å²) in [6, 6.07) is 22.2. The van der Waals surface area contributed by atoms with Gasteiger partial charge in [0.15, 0.2) is 5.75 Å². The maximum absolute atomic E-state index is 11.9. The minimum Gasteiger partial charge on any atom is -0.493 e. The van der Waals surface area contributed by atoms with Gasteiger partial charge in [-0.3, -0.25) is 10.1 Å². The Morgan fingerprint density at radius 1 is 0.615 bits per heavy atom. The third-order valence-corrected chi connectivity index (χ3v) is 5.72. The van der Waals surface area contributed by atoms with Crippen LogP contribution in [0.3, 0.4) is 0 Å². The number of unbranched alkanes of at least 4 members (excludes halogenated alkanes) is 4. The van der Waals surface area contributed by atoms with Gasteiger partial charge in [-0.05, 0) is 74.9 Å². The third-order valence-electron chi connectivity index (χ3n) is 5.72. The van der Waals surface area contributed by atoms with Gasteiger partial charge in [-0.15, -0.1) is 0 Å². The van der Waals surface area contributed by atoms with Gasteiger partial charge < -0.3 is 18.9 Å². The molecule has 0 aliphatic rings. The second-order valence-corrected chi connectivity index (χ2v) is 8.71. The lowest BCUT2D eigenvalue weighted by Crippen LogP contribution is -2.07. The number of benzene rings is 3. The van der Waals surface area contributed by atoms with Gasteiger partial charge in [0, 0.05) is 0 Å². The van der Waals surface area contributed by atoms with Gasteiger partial charge in [0.25, 0.3) is 0 Å². The van der Waals surface area contributed by atoms with Crippen molar-refractivity contribution in [3.63, 3.8) is 0 Å². The van der Waals surface area contributed by atoms with Crippen LogP contribution in [0.25, 0.3) is 0 Å². The van der Waals surface area contributed by atoms with Crippen molar-refractivity contribution in [2.24, 2.45) is 0 Å². The van der Waals surface area contributed by atoms with Crippen molar-refractivity contribution < 1.29 is 33.5 Å². The summed E-state index contributed by atoms with van der Waals surface area (Å²) in [6.45, 7) is 1.32. The number of hydrogen-bond acceptors (Lipinski definition) is 8. The molecule has 0 radical (unpaired) electrons. The molecule has 0 aromatic heterocycles. The third kappa shape index (κ3) is 10.5. The Labute approximate surface area is 227 Å². The summed E-state index contributed by atoms with van der Waals surface area (Å²) in [5.74, 6) is -0.118. The summed E-state index contributed by atoms with van der Waals surface area (Å²) in [7, 11) is 0. The van der Waals surface area contributed by atoms with Crippen molar-refractivity contribution in [2.75, 3.05) is 26.4 Å². The summed E-state index contributed by atoms with van der Waals surface area (Å²) >= 11 is 0. The Hall–Kier alpha value is -4.40. The van der Waals surface area contributed by atoms with E-state index in [1.165, 1.54) is 12.1 Å². The van der Waals surface area contributed by atoms with E-state index in [4.69, 9.17) is 18.9 Å². The van der Waals surface area contributed by atoms with Crippen LogP contribution in [-0.4, -0.2) is 43.3 Å². The SMILES string of the molecule is O=C(OCCCCCOc1ccc(OCCCCCOC(=O)c2ccccc2)c([N+](=O)[O-])c1)c1ccccc1. The second-order valence-electron chi connectivity index (χ2n) is 8.71. The number of esters is 2. The zero-order valence-corrected chi connectivity index (χ0v) is 21.8. The standard InChI is InChI=1S/C30H33NO8/c32-29(24-13-5-1-6-14-24)38-21-11-3-9-19-36-26-17-18-28(27(23-26)31(34)35)37-20-10-4-12-22-39-30(33)25-15-7-2-8-16-25/h1-2,5-8,13-18,23H,3-4,9-12,19-22H2. The molecule has 3 aromatic rings. The Bertz CT molecular complexity index is 1180. The fourth-order valence-corrected chi connectivity index (χ4v) is 3.63. The number of carbonyl (C=O) groups excluding carboxylic acids is 2. The zero-order valence-electron chi connectivity index (χ0n) is 21.8. The minimum absolute atomic E-state index is 0.155. The molecule has 39 heavy (non-hydrogen) atoms. The summed E-state index contributed by atoms with van der Waals surface area (Å²) in [5.41, 5.74) is 0.885. The first-order valence-electron chi connectivity index (χ1n) is 13.0. The first-order valence-corrected chi connectivity index (χ1v) is 13.0. The largest absolute Gasteiger partial charge is 0.493 e. The van der Waals surface area contributed by atoms with Crippen molar-refractivity contribution in [1.82, 2.24) is 0 Å². The van der Waals surface area contributed by atoms with E-state index < -0.39 is 4.92 Å². The minimum atomic E-state index is -0.494. The van der Waals surface area contributed by atoms with Gasteiger partial charge in [-0.1, -0.05) is 36.4 Å². The highest BCUT2D eigenvalue weighted by atomic mass is 16.6. The molecule has 0 saturated heterocycles. The summed E-state index contributed by atoms with van der Waals surface area (Å²) < 4.78 is 21.8. The fourth-order valence-electron chi connectivity index (χ4n) is 3.63. The normalized spacial score (nSPS) is 10.5. The van der Waals surface area contributed by atoms with Crippen LogP contribution in [0.1, 0.15) is 59.2 Å². The molecule has 0 heterocycles. The van der Waals surface area contributed by atoms with Crippen LogP contribution < -0.4 is 9.47 Å². The Morgan fingerprint density at radius 2 is 1.10 bits per heavy atom. The molecule has 0 N–H and O–H groups in total. The van der Waals surface area contributed by atoms with Crippen LogP contribution in [0.4, 0.5) is 5.69 Å². The Kier molecular flexibility index (Phi) is 12.3. The smallest absolute Gasteiger partial charge is 0.338 e. The molecule has 3 aromatic carbocycles. The topological polar surface area (TPSA) is 114 Å². The van der Waals surface area contributed by atoms with E-state index in [-0.39, 0.29) is 23.4 Å². The highest BCUT2D eigenvalue weighted by Crippen LogP contribution is 2.31. The maximum Gasteiger partial charge on any atom is 0.338 e. The number of nitrogens with zero attached hydrogens (tertiary/aromatic N) is 1. The van der Waals surface area contributed by atoms with Gasteiger partial charge in [0.2, 0.25) is 0 Å². The van der Waals surface area contributed by atoms with Crippen molar-refractivity contribution in [3.8, 4) is 11.5 Å². The predicted octanol–water partition coefficient (Wildman–Crippen LogP) is 6.41. The molecule has 0 atom stereocenters. The molecule has 0 spiro atoms. The highest BCUT2D eigenvalue weighted by molar-refractivity contribution is 5.89. The Balaban J connectivity index is 1.28. The van der Waals surface area contributed by atoms with Crippen molar-refractivity contribution in [3.05, 3.63) is 100 Å². The number of ether oxygens (including phenoxy) is 4. The molecule has 0 saturated carbocycles. The average molecular weight is 536 g/mol. The molecule has 0 unspecified atom stereocenters. The summed E-state index contributed by atoms with van der Waals surface area (Å²) in [4.78, 5) is 34.8. The van der Waals surface area contributed by atoms with Gasteiger partial charge in [0.1, 0.15) is 5.75 Å². The van der Waals surface area contributed by atoms with Crippen LogP contribution >= 0.6 is 0 Å². The van der Waals surface area contributed by atoms with E-state index in [1.807, 2.05) is 12.1 Å². The number of rotatable bonds is 17. The van der Waals surface area contributed by atoms with E-state index >= 15 is 0 Å². The molecular weight excluding hydrogens is 502 g/mol. The lowest BCUT2D eigenvalue weighted by Gasteiger charge is -2.10. The summed E-state index contributed by atoms with van der Waals surface area (Å²) in [5, 5.41) is 11.5. The molecule has 3 rings (SSSR count). The van der Waals surface area contributed by atoms with Crippen LogP contribution in [0.15, 0.2) is 78.9 Å². The first-order chi connectivity index (χ1) is 19.0. The molecule has 9 nitrogen and oxygen atoms in total. The number of hydrogen-bond donors (Lipinski definition) is 0. The van der Waals surface area contributed by atoms with E-state index in [2.05, 4.69) is 0 Å². The van der Waals surface area contributed by atoms with Crippen molar-refractivity contribution >= 4 is 17.6 Å². The molecular formula is C30H33NO8. The van der Waals surface area contributed by atoms with E-state index in [0.717, 1.165) is 19.3 Å². The lowest BCUT2D eigenvalue weighted by atomic mass is 10.2. The predicted molar refractivity (Wildman–Crippen MR) is 145 cm³/mol. The van der Waals surface area contributed by atoms with Crippen LogP contribution in [0.5, 0.6) is 11.5 Å². The average Bonchev–Trinajstić information content (AvgIpc) is 2.97.